The van der Waals surface area contributed by atoms with E-state index in [9.17, 15) is 19.2 Å². The lowest BCUT2D eigenvalue weighted by Crippen LogP contribution is -2.44. The molecule has 0 bridgehead atoms. The average molecular weight is 549 g/mol. The number of methoxy groups -OCH3 is 2. The second-order valence-electron chi connectivity index (χ2n) is 10.6. The predicted molar refractivity (Wildman–Crippen MR) is 151 cm³/mol. The number of ether oxygens (including phenoxy) is 2. The first kappa shape index (κ1) is 27.5. The molecule has 1 N–H and O–H groups in total. The second kappa shape index (κ2) is 12.0. The summed E-state index contributed by atoms with van der Waals surface area (Å²) in [6.45, 7) is 1.28. The number of aromatic nitrogens is 2. The zero-order valence-corrected chi connectivity index (χ0v) is 23.1. The SMILES string of the molecule is COc1cc2c(=O)n(Cc3ccc(C(=O)N4CCCC4)cc3)c(=O)n(CC(=O)NC3CCCCC3)c2cc1OC. The normalized spacial score (nSPS) is 15.8. The van der Waals surface area contributed by atoms with E-state index < -0.39 is 11.2 Å². The van der Waals surface area contributed by atoms with E-state index in [0.717, 1.165) is 62.6 Å². The van der Waals surface area contributed by atoms with Crippen LogP contribution in [0.5, 0.6) is 11.5 Å². The van der Waals surface area contributed by atoms with Crippen molar-refractivity contribution in [3.05, 3.63) is 68.4 Å². The third-order valence-electron chi connectivity index (χ3n) is 7.94. The van der Waals surface area contributed by atoms with Gasteiger partial charge in [0, 0.05) is 30.8 Å². The minimum atomic E-state index is -0.597. The number of hydrogen-bond donors (Lipinski definition) is 1. The van der Waals surface area contributed by atoms with Gasteiger partial charge < -0.3 is 19.7 Å². The van der Waals surface area contributed by atoms with Crippen molar-refractivity contribution in [3.63, 3.8) is 0 Å². The van der Waals surface area contributed by atoms with E-state index in [2.05, 4.69) is 5.32 Å². The van der Waals surface area contributed by atoms with Gasteiger partial charge in [0.1, 0.15) is 6.54 Å². The molecule has 1 saturated heterocycles. The van der Waals surface area contributed by atoms with E-state index in [1.54, 1.807) is 36.4 Å². The summed E-state index contributed by atoms with van der Waals surface area (Å²) in [5.41, 5.74) is 0.470. The number of rotatable bonds is 8. The Kier molecular flexibility index (Phi) is 8.23. The maximum atomic E-state index is 13.8. The summed E-state index contributed by atoms with van der Waals surface area (Å²) in [5, 5.41) is 3.30. The van der Waals surface area contributed by atoms with Crippen LogP contribution in [0.1, 0.15) is 60.9 Å². The van der Waals surface area contributed by atoms with Gasteiger partial charge in [-0.25, -0.2) is 4.79 Å². The van der Waals surface area contributed by atoms with Crippen molar-refractivity contribution >= 4 is 22.7 Å². The number of carbonyl (C=O) groups excluding carboxylic acids is 2. The van der Waals surface area contributed by atoms with Gasteiger partial charge in [-0.1, -0.05) is 31.4 Å². The summed E-state index contributed by atoms with van der Waals surface area (Å²) in [5.74, 6) is 0.408. The summed E-state index contributed by atoms with van der Waals surface area (Å²) in [4.78, 5) is 55.0. The summed E-state index contributed by atoms with van der Waals surface area (Å²) < 4.78 is 13.3. The second-order valence-corrected chi connectivity index (χ2v) is 10.6. The quantitative estimate of drug-likeness (QED) is 0.463. The van der Waals surface area contributed by atoms with E-state index >= 15 is 0 Å². The molecule has 2 aromatic carbocycles. The molecule has 0 radical (unpaired) electrons. The number of fused-ring (bicyclic) bond motifs is 1. The Hall–Kier alpha value is -4.08. The van der Waals surface area contributed by atoms with Gasteiger partial charge in [0.25, 0.3) is 11.5 Å². The molecule has 1 saturated carbocycles. The first-order chi connectivity index (χ1) is 19.4. The fourth-order valence-corrected chi connectivity index (χ4v) is 5.74. The highest BCUT2D eigenvalue weighted by molar-refractivity contribution is 5.94. The Morgan fingerprint density at radius 1 is 0.875 bits per heavy atom. The van der Waals surface area contributed by atoms with Crippen molar-refractivity contribution in [1.82, 2.24) is 19.4 Å². The van der Waals surface area contributed by atoms with Crippen molar-refractivity contribution in [1.29, 1.82) is 0 Å². The monoisotopic (exact) mass is 548 g/mol. The lowest BCUT2D eigenvalue weighted by atomic mass is 9.95. The van der Waals surface area contributed by atoms with Crippen LogP contribution in [0.25, 0.3) is 10.9 Å². The molecule has 40 heavy (non-hydrogen) atoms. The van der Waals surface area contributed by atoms with Gasteiger partial charge >= 0.3 is 5.69 Å². The van der Waals surface area contributed by atoms with E-state index in [-0.39, 0.29) is 36.3 Å². The van der Waals surface area contributed by atoms with Crippen LogP contribution in [0.4, 0.5) is 0 Å². The number of nitrogens with zero attached hydrogens (tertiary/aromatic N) is 3. The summed E-state index contributed by atoms with van der Waals surface area (Å²) in [7, 11) is 2.95. The Bertz CT molecular complexity index is 1510. The van der Waals surface area contributed by atoms with Gasteiger partial charge in [-0.2, -0.15) is 0 Å². The Morgan fingerprint density at radius 3 is 2.17 bits per heavy atom. The standard InChI is InChI=1S/C30H36N4O6/c1-39-25-16-23-24(17-26(25)40-2)33(19-27(35)31-22-8-4-3-5-9-22)30(38)34(29(23)37)18-20-10-12-21(13-11-20)28(36)32-14-6-7-15-32/h10-13,16-17,22H,3-9,14-15,18-19H2,1-2H3,(H,31,35). The van der Waals surface area contributed by atoms with Crippen LogP contribution in [0, 0.1) is 0 Å². The molecular formula is C30H36N4O6. The van der Waals surface area contributed by atoms with Gasteiger partial charge in [0.05, 0.1) is 31.7 Å². The molecule has 212 valence electrons. The van der Waals surface area contributed by atoms with Gasteiger partial charge in [-0.15, -0.1) is 0 Å². The maximum Gasteiger partial charge on any atom is 0.332 e. The lowest BCUT2D eigenvalue weighted by Gasteiger charge is -2.23. The Balaban J connectivity index is 1.51. The fourth-order valence-electron chi connectivity index (χ4n) is 5.74. The molecule has 5 rings (SSSR count). The fraction of sp³-hybridized carbons (Fsp3) is 0.467. The molecule has 1 aromatic heterocycles. The van der Waals surface area contributed by atoms with Crippen LogP contribution < -0.4 is 26.0 Å². The van der Waals surface area contributed by atoms with E-state index in [1.807, 2.05) is 4.90 Å². The number of hydrogen-bond acceptors (Lipinski definition) is 6. The minimum Gasteiger partial charge on any atom is -0.493 e. The van der Waals surface area contributed by atoms with E-state index in [4.69, 9.17) is 9.47 Å². The first-order valence-corrected chi connectivity index (χ1v) is 14.0. The molecule has 1 aliphatic heterocycles. The van der Waals surface area contributed by atoms with Crippen molar-refractivity contribution < 1.29 is 19.1 Å². The highest BCUT2D eigenvalue weighted by Gasteiger charge is 2.22. The lowest BCUT2D eigenvalue weighted by molar-refractivity contribution is -0.122. The molecule has 2 heterocycles. The molecule has 10 heteroatoms. The number of carbonyl (C=O) groups is 2. The third-order valence-corrected chi connectivity index (χ3v) is 7.94. The molecule has 10 nitrogen and oxygen atoms in total. The molecule has 1 aliphatic carbocycles. The third kappa shape index (κ3) is 5.61. The van der Waals surface area contributed by atoms with Crippen LogP contribution in [0.15, 0.2) is 46.0 Å². The molecule has 0 unspecified atom stereocenters. The molecule has 0 spiro atoms. The summed E-state index contributed by atoms with van der Waals surface area (Å²) in [6, 6.07) is 10.2. The largest absolute Gasteiger partial charge is 0.493 e. The van der Waals surface area contributed by atoms with Crippen LogP contribution in [0.2, 0.25) is 0 Å². The predicted octanol–water partition coefficient (Wildman–Crippen LogP) is 2.91. The van der Waals surface area contributed by atoms with E-state index in [0.29, 0.717) is 28.1 Å². The topological polar surface area (TPSA) is 112 Å². The number of amides is 2. The Morgan fingerprint density at radius 2 is 1.52 bits per heavy atom. The van der Waals surface area contributed by atoms with Gasteiger partial charge in [-0.3, -0.25) is 23.5 Å². The highest BCUT2D eigenvalue weighted by atomic mass is 16.5. The zero-order chi connectivity index (χ0) is 28.2. The maximum absolute atomic E-state index is 13.8. The van der Waals surface area contributed by atoms with Crippen LogP contribution >= 0.6 is 0 Å². The molecule has 0 atom stereocenters. The highest BCUT2D eigenvalue weighted by Crippen LogP contribution is 2.30. The molecule has 2 fully saturated rings. The zero-order valence-electron chi connectivity index (χ0n) is 23.1. The Labute approximate surface area is 232 Å². The van der Waals surface area contributed by atoms with Crippen LogP contribution in [0.3, 0.4) is 0 Å². The van der Waals surface area contributed by atoms with Gasteiger partial charge in [0.15, 0.2) is 11.5 Å². The molecule has 3 aromatic rings. The van der Waals surface area contributed by atoms with Crippen LogP contribution in [-0.4, -0.2) is 59.2 Å². The average Bonchev–Trinajstić information content (AvgIpc) is 3.52. The first-order valence-electron chi connectivity index (χ1n) is 14.0. The van der Waals surface area contributed by atoms with Crippen LogP contribution in [-0.2, 0) is 17.9 Å². The minimum absolute atomic E-state index is 0.00954. The summed E-state index contributed by atoms with van der Waals surface area (Å²) >= 11 is 0. The van der Waals surface area contributed by atoms with Crippen molar-refractivity contribution in [3.8, 4) is 11.5 Å². The van der Waals surface area contributed by atoms with Crippen molar-refractivity contribution in [2.75, 3.05) is 27.3 Å². The summed E-state index contributed by atoms with van der Waals surface area (Å²) in [6.07, 6.45) is 7.16. The van der Waals surface area contributed by atoms with E-state index in [1.165, 1.54) is 18.8 Å². The number of likely N-dealkylation sites (tertiary alicyclic amines) is 1. The van der Waals surface area contributed by atoms with Gasteiger partial charge in [0.2, 0.25) is 5.91 Å². The number of nitrogens with one attached hydrogen (secondary N) is 1. The van der Waals surface area contributed by atoms with Gasteiger partial charge in [-0.05, 0) is 49.4 Å². The van der Waals surface area contributed by atoms with Crippen molar-refractivity contribution in [2.24, 2.45) is 0 Å². The number of benzene rings is 2. The molecular weight excluding hydrogens is 512 g/mol. The van der Waals surface area contributed by atoms with Crippen molar-refractivity contribution in [2.45, 2.75) is 64.1 Å². The smallest absolute Gasteiger partial charge is 0.332 e. The molecule has 2 aliphatic rings. The molecule has 2 amide bonds.